The fourth-order valence-electron chi connectivity index (χ4n) is 2.97. The summed E-state index contributed by atoms with van der Waals surface area (Å²) in [6, 6.07) is 19.3. The van der Waals surface area contributed by atoms with Gasteiger partial charge < -0.3 is 15.4 Å². The molecule has 0 fully saturated rings. The second kappa shape index (κ2) is 11.3. The molecule has 0 aliphatic heterocycles. The van der Waals surface area contributed by atoms with Crippen LogP contribution in [0, 0.1) is 0 Å². The fourth-order valence-corrected chi connectivity index (χ4v) is 4.47. The first-order valence-corrected chi connectivity index (χ1v) is 11.5. The minimum atomic E-state index is -0.338. The molecule has 32 heavy (non-hydrogen) atoms. The number of hydrogen-bond acceptors (Lipinski definition) is 4. The highest BCUT2D eigenvalue weighted by Gasteiger charge is 2.20. The number of para-hydroxylation sites is 2. The molecule has 5 nitrogen and oxygen atoms in total. The third-order valence-electron chi connectivity index (χ3n) is 4.57. The van der Waals surface area contributed by atoms with Gasteiger partial charge in [-0.1, -0.05) is 48.3 Å². The Bertz CT molecular complexity index is 1120. The molecule has 8 heteroatoms. The minimum Gasteiger partial charge on any atom is -0.495 e. The molecule has 166 valence electrons. The molecule has 2 amide bonds. The highest BCUT2D eigenvalue weighted by atomic mass is 35.5. The number of amides is 2. The van der Waals surface area contributed by atoms with Crippen LogP contribution in [0.25, 0.3) is 0 Å². The molecule has 0 radical (unpaired) electrons. The second-order valence-corrected chi connectivity index (χ2v) is 8.93. The quantitative estimate of drug-likeness (QED) is 0.343. The number of ether oxygens (including phenoxy) is 1. The Hall–Kier alpha value is -2.67. The van der Waals surface area contributed by atoms with Gasteiger partial charge in [-0.05, 0) is 55.0 Å². The second-order valence-electron chi connectivity index (χ2n) is 6.81. The lowest BCUT2D eigenvalue weighted by molar-refractivity contribution is -0.115. The maximum atomic E-state index is 12.8. The first-order valence-electron chi connectivity index (χ1n) is 9.88. The van der Waals surface area contributed by atoms with Gasteiger partial charge in [0, 0.05) is 15.6 Å². The Kier molecular flexibility index (Phi) is 8.45. The zero-order valence-electron chi connectivity index (χ0n) is 17.5. The topological polar surface area (TPSA) is 67.4 Å². The highest BCUT2D eigenvalue weighted by Crippen LogP contribution is 2.30. The van der Waals surface area contributed by atoms with E-state index in [-0.39, 0.29) is 22.1 Å². The molecular formula is C24H22Cl2N2O3S. The smallest absolute Gasteiger partial charge is 0.257 e. The van der Waals surface area contributed by atoms with E-state index in [1.54, 1.807) is 37.4 Å². The third-order valence-corrected chi connectivity index (χ3v) is 6.48. The maximum Gasteiger partial charge on any atom is 0.257 e. The van der Waals surface area contributed by atoms with E-state index >= 15 is 0 Å². The van der Waals surface area contributed by atoms with Crippen LogP contribution in [0.5, 0.6) is 5.75 Å². The van der Waals surface area contributed by atoms with E-state index in [2.05, 4.69) is 10.6 Å². The third kappa shape index (κ3) is 6.19. The van der Waals surface area contributed by atoms with Crippen LogP contribution in [0.15, 0.2) is 71.6 Å². The van der Waals surface area contributed by atoms with E-state index in [9.17, 15) is 9.59 Å². The zero-order valence-corrected chi connectivity index (χ0v) is 19.9. The summed E-state index contributed by atoms with van der Waals surface area (Å²) in [6.45, 7) is 1.95. The lowest BCUT2D eigenvalue weighted by atomic mass is 10.2. The molecule has 1 atom stereocenters. The van der Waals surface area contributed by atoms with Crippen LogP contribution in [-0.4, -0.2) is 24.2 Å². The molecule has 0 aliphatic carbocycles. The van der Waals surface area contributed by atoms with Crippen LogP contribution in [0.1, 0.15) is 23.7 Å². The Morgan fingerprint density at radius 2 is 1.78 bits per heavy atom. The molecule has 0 aliphatic rings. The number of nitrogens with one attached hydrogen (secondary N) is 2. The van der Waals surface area contributed by atoms with Gasteiger partial charge in [0.1, 0.15) is 5.75 Å². The monoisotopic (exact) mass is 488 g/mol. The number of benzene rings is 3. The van der Waals surface area contributed by atoms with E-state index in [1.807, 2.05) is 37.3 Å². The van der Waals surface area contributed by atoms with Crippen molar-refractivity contribution < 1.29 is 14.3 Å². The molecule has 3 rings (SSSR count). The molecule has 0 saturated carbocycles. The van der Waals surface area contributed by atoms with E-state index in [4.69, 9.17) is 27.9 Å². The average Bonchev–Trinajstić information content (AvgIpc) is 2.78. The number of anilines is 2. The van der Waals surface area contributed by atoms with Gasteiger partial charge in [0.05, 0.1) is 28.6 Å². The molecule has 3 aromatic rings. The maximum absolute atomic E-state index is 12.8. The van der Waals surface area contributed by atoms with Crippen molar-refractivity contribution in [3.05, 3.63) is 82.3 Å². The fraction of sp³-hybridized carbons (Fsp3) is 0.167. The Balaban J connectivity index is 1.69. The van der Waals surface area contributed by atoms with Crippen molar-refractivity contribution in [1.82, 2.24) is 0 Å². The molecule has 0 spiro atoms. The number of hydrogen-bond donors (Lipinski definition) is 2. The largest absolute Gasteiger partial charge is 0.495 e. The number of thioether (sulfide) groups is 1. The van der Waals surface area contributed by atoms with Gasteiger partial charge in [0.25, 0.3) is 5.91 Å². The van der Waals surface area contributed by atoms with E-state index in [0.29, 0.717) is 34.1 Å². The number of halogens is 2. The van der Waals surface area contributed by atoms with E-state index < -0.39 is 0 Å². The van der Waals surface area contributed by atoms with Crippen molar-refractivity contribution in [3.8, 4) is 5.75 Å². The molecular weight excluding hydrogens is 467 g/mol. The standard InChI is InChI=1S/C24H22Cl2N2O3S/c1-3-22(24(30)28-20-9-4-5-10-21(20)31-2)32-17-8-6-7-16(14-17)27-23(29)18-12-11-15(25)13-19(18)26/h4-14,22H,3H2,1-2H3,(H,27,29)(H,28,30). The molecule has 0 saturated heterocycles. The lowest BCUT2D eigenvalue weighted by Gasteiger charge is -2.17. The Morgan fingerprint density at radius 3 is 2.50 bits per heavy atom. The number of rotatable bonds is 8. The van der Waals surface area contributed by atoms with Gasteiger partial charge in [0.2, 0.25) is 5.91 Å². The van der Waals surface area contributed by atoms with E-state index in [0.717, 1.165) is 4.90 Å². The van der Waals surface area contributed by atoms with Crippen molar-refractivity contribution in [2.75, 3.05) is 17.7 Å². The summed E-state index contributed by atoms with van der Waals surface area (Å²) < 4.78 is 5.30. The van der Waals surface area contributed by atoms with E-state index in [1.165, 1.54) is 17.8 Å². The van der Waals surface area contributed by atoms with Crippen molar-refractivity contribution in [2.24, 2.45) is 0 Å². The summed E-state index contributed by atoms with van der Waals surface area (Å²) in [4.78, 5) is 26.3. The predicted octanol–water partition coefficient (Wildman–Crippen LogP) is 6.76. The van der Waals surface area contributed by atoms with Crippen LogP contribution in [-0.2, 0) is 4.79 Å². The van der Waals surface area contributed by atoms with Crippen LogP contribution in [0.2, 0.25) is 10.0 Å². The first-order chi connectivity index (χ1) is 15.4. The zero-order chi connectivity index (χ0) is 23.1. The van der Waals surface area contributed by atoms with Crippen molar-refractivity contribution in [2.45, 2.75) is 23.5 Å². The van der Waals surface area contributed by atoms with Crippen LogP contribution < -0.4 is 15.4 Å². The Morgan fingerprint density at radius 1 is 1.00 bits per heavy atom. The van der Waals surface area contributed by atoms with Gasteiger partial charge in [-0.2, -0.15) is 0 Å². The highest BCUT2D eigenvalue weighted by molar-refractivity contribution is 8.00. The van der Waals surface area contributed by atoms with Crippen molar-refractivity contribution in [1.29, 1.82) is 0 Å². The number of carbonyl (C=O) groups is 2. The summed E-state index contributed by atoms with van der Waals surface area (Å²) in [5, 5.41) is 6.18. The predicted molar refractivity (Wildman–Crippen MR) is 132 cm³/mol. The molecule has 1 unspecified atom stereocenters. The normalized spacial score (nSPS) is 11.5. The molecule has 0 bridgehead atoms. The van der Waals surface area contributed by atoms with Crippen LogP contribution >= 0.6 is 35.0 Å². The summed E-state index contributed by atoms with van der Waals surface area (Å²) in [6.07, 6.45) is 0.628. The molecule has 2 N–H and O–H groups in total. The summed E-state index contributed by atoms with van der Waals surface area (Å²) >= 11 is 13.5. The number of carbonyl (C=O) groups excluding carboxylic acids is 2. The summed E-state index contributed by atoms with van der Waals surface area (Å²) in [7, 11) is 1.56. The van der Waals surface area contributed by atoms with Crippen molar-refractivity contribution >= 4 is 58.2 Å². The first kappa shape index (κ1) is 24.0. The lowest BCUT2D eigenvalue weighted by Crippen LogP contribution is -2.24. The average molecular weight is 489 g/mol. The van der Waals surface area contributed by atoms with Crippen LogP contribution in [0.3, 0.4) is 0 Å². The SMILES string of the molecule is CCC(Sc1cccc(NC(=O)c2ccc(Cl)cc2Cl)c1)C(=O)Nc1ccccc1OC. The van der Waals surface area contributed by atoms with Gasteiger partial charge in [0.15, 0.2) is 0 Å². The summed E-state index contributed by atoms with van der Waals surface area (Å²) in [5.74, 6) is 0.144. The van der Waals surface area contributed by atoms with Crippen LogP contribution in [0.4, 0.5) is 11.4 Å². The van der Waals surface area contributed by atoms with Gasteiger partial charge in [-0.3, -0.25) is 9.59 Å². The summed E-state index contributed by atoms with van der Waals surface area (Å²) in [5.41, 5.74) is 1.56. The van der Waals surface area contributed by atoms with Crippen molar-refractivity contribution in [3.63, 3.8) is 0 Å². The molecule has 3 aromatic carbocycles. The van der Waals surface area contributed by atoms with Gasteiger partial charge in [-0.15, -0.1) is 11.8 Å². The Labute approximate surface area is 201 Å². The number of methoxy groups -OCH3 is 1. The van der Waals surface area contributed by atoms with Gasteiger partial charge in [-0.25, -0.2) is 0 Å². The molecule has 0 heterocycles. The molecule has 0 aromatic heterocycles. The minimum absolute atomic E-state index is 0.121. The van der Waals surface area contributed by atoms with Gasteiger partial charge >= 0.3 is 0 Å².